The summed E-state index contributed by atoms with van der Waals surface area (Å²) in [6.45, 7) is 5.61. The number of aliphatic hydroxyl groups is 1. The van der Waals surface area contributed by atoms with Crippen molar-refractivity contribution in [2.45, 2.75) is 45.5 Å². The molecule has 1 rings (SSSR count). The van der Waals surface area contributed by atoms with Crippen LogP contribution in [0, 0.1) is 5.92 Å². The first-order valence-electron chi connectivity index (χ1n) is 6.70. The van der Waals surface area contributed by atoms with E-state index in [-0.39, 0.29) is 31.4 Å². The summed E-state index contributed by atoms with van der Waals surface area (Å²) in [6.07, 6.45) is -1.01. The molecule has 3 N–H and O–H groups in total. The fraction of sp³-hybridized carbons (Fsp3) is 0.769. The number of hydrogen-bond acceptors (Lipinski definition) is 8. The molecule has 0 aliphatic carbocycles. The summed E-state index contributed by atoms with van der Waals surface area (Å²) < 4.78 is 15.4. The molecule has 0 spiro atoms. The highest BCUT2D eigenvalue weighted by Gasteiger charge is 2.34. The molecule has 2 atom stereocenters. The minimum Gasteiger partial charge on any atom is -0.460 e. The van der Waals surface area contributed by atoms with Crippen LogP contribution in [-0.2, 0) is 20.9 Å². The smallest absolute Gasteiger partial charge is 0.312 e. The summed E-state index contributed by atoms with van der Waals surface area (Å²) in [5.74, 6) is -1.23. The van der Waals surface area contributed by atoms with Gasteiger partial charge in [0.2, 0.25) is 11.8 Å². The largest absolute Gasteiger partial charge is 0.460 e. The summed E-state index contributed by atoms with van der Waals surface area (Å²) in [7, 11) is 1.48. The Hall–Kier alpha value is -1.51. The Morgan fingerprint density at radius 3 is 2.62 bits per heavy atom. The van der Waals surface area contributed by atoms with Crippen LogP contribution in [0.5, 0.6) is 0 Å². The van der Waals surface area contributed by atoms with E-state index < -0.39 is 23.6 Å². The molecule has 0 amide bonds. The van der Waals surface area contributed by atoms with Crippen molar-refractivity contribution in [3.63, 3.8) is 0 Å². The van der Waals surface area contributed by atoms with Crippen LogP contribution in [0.25, 0.3) is 0 Å². The predicted octanol–water partition coefficient (Wildman–Crippen LogP) is 0.556. The molecule has 8 nitrogen and oxygen atoms in total. The van der Waals surface area contributed by atoms with Crippen LogP contribution in [0.15, 0.2) is 4.42 Å². The van der Waals surface area contributed by atoms with Crippen molar-refractivity contribution in [1.29, 1.82) is 0 Å². The third-order valence-corrected chi connectivity index (χ3v) is 2.57. The Balaban J connectivity index is 2.85. The monoisotopic (exact) mass is 301 g/mol. The minimum atomic E-state index is -1.26. The Kier molecular flexibility index (Phi) is 6.25. The van der Waals surface area contributed by atoms with Gasteiger partial charge in [0.1, 0.15) is 18.3 Å². The van der Waals surface area contributed by atoms with E-state index >= 15 is 0 Å². The number of nitrogens with zero attached hydrogens (tertiary/aromatic N) is 2. The zero-order chi connectivity index (χ0) is 16.0. The first-order chi connectivity index (χ1) is 9.78. The van der Waals surface area contributed by atoms with E-state index in [1.54, 1.807) is 20.8 Å². The summed E-state index contributed by atoms with van der Waals surface area (Å²) in [5, 5.41) is 17.7. The van der Waals surface area contributed by atoms with Crippen molar-refractivity contribution in [2.75, 3.05) is 13.7 Å². The molecule has 0 aliphatic heterocycles. The molecular formula is C13H23N3O5. The van der Waals surface area contributed by atoms with Gasteiger partial charge in [0.05, 0.1) is 5.92 Å². The Morgan fingerprint density at radius 2 is 2.10 bits per heavy atom. The number of nitrogens with two attached hydrogens (primary N) is 1. The summed E-state index contributed by atoms with van der Waals surface area (Å²) in [4.78, 5) is 12.1. The molecule has 0 saturated carbocycles. The van der Waals surface area contributed by atoms with Gasteiger partial charge < -0.3 is 24.7 Å². The minimum absolute atomic E-state index is 0.0497. The van der Waals surface area contributed by atoms with Crippen LogP contribution in [0.1, 0.15) is 45.1 Å². The predicted molar refractivity (Wildman–Crippen MR) is 73.0 cm³/mol. The summed E-state index contributed by atoms with van der Waals surface area (Å²) in [6, 6.07) is 0. The maximum absolute atomic E-state index is 12.1. The molecule has 8 heteroatoms. The van der Waals surface area contributed by atoms with Crippen LogP contribution in [0.4, 0.5) is 0 Å². The first-order valence-corrected chi connectivity index (χ1v) is 6.70. The molecule has 2 unspecified atom stereocenters. The van der Waals surface area contributed by atoms with Gasteiger partial charge in [-0.3, -0.25) is 4.79 Å². The van der Waals surface area contributed by atoms with Gasteiger partial charge in [-0.25, -0.2) is 0 Å². The van der Waals surface area contributed by atoms with Gasteiger partial charge in [-0.05, 0) is 33.7 Å². The third kappa shape index (κ3) is 5.41. The van der Waals surface area contributed by atoms with E-state index in [1.807, 2.05) is 0 Å². The number of carbonyl (C=O) groups excluding carboxylic acids is 1. The molecule has 0 bridgehead atoms. The van der Waals surface area contributed by atoms with Crippen molar-refractivity contribution >= 4 is 5.97 Å². The number of aliphatic hydroxyl groups excluding tert-OH is 1. The van der Waals surface area contributed by atoms with Gasteiger partial charge in [-0.1, -0.05) is 0 Å². The molecule has 1 heterocycles. The van der Waals surface area contributed by atoms with Crippen molar-refractivity contribution in [3.05, 3.63) is 11.8 Å². The van der Waals surface area contributed by atoms with Crippen LogP contribution in [0.3, 0.4) is 0 Å². The maximum atomic E-state index is 12.1. The second kappa shape index (κ2) is 7.48. The lowest BCUT2D eigenvalue weighted by atomic mass is 9.98. The molecule has 1 aromatic rings. The molecule has 120 valence electrons. The lowest BCUT2D eigenvalue weighted by Gasteiger charge is -2.25. The fourth-order valence-electron chi connectivity index (χ4n) is 1.70. The van der Waals surface area contributed by atoms with Gasteiger partial charge in [0, 0.05) is 7.11 Å². The molecule has 21 heavy (non-hydrogen) atoms. The van der Waals surface area contributed by atoms with E-state index in [0.29, 0.717) is 0 Å². The average Bonchev–Trinajstić information content (AvgIpc) is 2.82. The quantitative estimate of drug-likeness (QED) is 0.701. The zero-order valence-electron chi connectivity index (χ0n) is 12.8. The Bertz CT molecular complexity index is 455. The lowest BCUT2D eigenvalue weighted by molar-refractivity contribution is -0.165. The molecule has 0 aromatic carbocycles. The highest BCUT2D eigenvalue weighted by molar-refractivity contribution is 5.73. The first kappa shape index (κ1) is 17.5. The zero-order valence-corrected chi connectivity index (χ0v) is 12.8. The van der Waals surface area contributed by atoms with E-state index in [9.17, 15) is 9.90 Å². The van der Waals surface area contributed by atoms with Crippen molar-refractivity contribution < 1.29 is 23.8 Å². The van der Waals surface area contributed by atoms with Crippen molar-refractivity contribution in [3.8, 4) is 0 Å². The molecule has 0 saturated heterocycles. The standard InChI is InChI=1S/C13H23N3O5/c1-13(2,3)21-12(18)8(5-6-14)10(17)11-16-15-9(20-11)7-19-4/h8,10,17H,5-7,14H2,1-4H3. The van der Waals surface area contributed by atoms with Crippen LogP contribution in [-0.4, -0.2) is 40.5 Å². The van der Waals surface area contributed by atoms with E-state index in [4.69, 9.17) is 19.6 Å². The van der Waals surface area contributed by atoms with Crippen molar-refractivity contribution in [2.24, 2.45) is 11.7 Å². The number of esters is 1. The van der Waals surface area contributed by atoms with Crippen LogP contribution < -0.4 is 5.73 Å². The number of aromatic nitrogens is 2. The van der Waals surface area contributed by atoms with Gasteiger partial charge in [-0.2, -0.15) is 0 Å². The van der Waals surface area contributed by atoms with Gasteiger partial charge in [-0.15, -0.1) is 10.2 Å². The number of ether oxygens (including phenoxy) is 2. The van der Waals surface area contributed by atoms with Gasteiger partial charge in [0.25, 0.3) is 0 Å². The molecule has 0 radical (unpaired) electrons. The van der Waals surface area contributed by atoms with Crippen LogP contribution >= 0.6 is 0 Å². The molecule has 1 aromatic heterocycles. The number of carbonyl (C=O) groups is 1. The number of hydrogen-bond donors (Lipinski definition) is 2. The molecule has 0 fully saturated rings. The highest BCUT2D eigenvalue weighted by atomic mass is 16.6. The number of rotatable bonds is 7. The van der Waals surface area contributed by atoms with E-state index in [2.05, 4.69) is 10.2 Å². The number of methoxy groups -OCH3 is 1. The highest BCUT2D eigenvalue weighted by Crippen LogP contribution is 2.26. The van der Waals surface area contributed by atoms with E-state index in [1.165, 1.54) is 7.11 Å². The normalized spacial score (nSPS) is 14.8. The Labute approximate surface area is 123 Å². The SMILES string of the molecule is COCc1nnc(C(O)C(CCN)C(=O)OC(C)(C)C)o1. The van der Waals surface area contributed by atoms with Crippen molar-refractivity contribution in [1.82, 2.24) is 10.2 Å². The summed E-state index contributed by atoms with van der Waals surface area (Å²) in [5.41, 5.74) is 4.84. The molecule has 0 aliphatic rings. The second-order valence-electron chi connectivity index (χ2n) is 5.63. The Morgan fingerprint density at radius 1 is 1.43 bits per heavy atom. The van der Waals surface area contributed by atoms with Gasteiger partial charge in [0.15, 0.2) is 0 Å². The van der Waals surface area contributed by atoms with Gasteiger partial charge >= 0.3 is 5.97 Å². The topological polar surface area (TPSA) is 121 Å². The average molecular weight is 301 g/mol. The maximum Gasteiger partial charge on any atom is 0.312 e. The fourth-order valence-corrected chi connectivity index (χ4v) is 1.70. The second-order valence-corrected chi connectivity index (χ2v) is 5.63. The lowest BCUT2D eigenvalue weighted by Crippen LogP contribution is -2.33. The summed E-state index contributed by atoms with van der Waals surface area (Å²) >= 11 is 0. The van der Waals surface area contributed by atoms with E-state index in [0.717, 1.165) is 0 Å². The molecular weight excluding hydrogens is 278 g/mol. The van der Waals surface area contributed by atoms with Crippen LogP contribution in [0.2, 0.25) is 0 Å². The third-order valence-electron chi connectivity index (χ3n) is 2.57.